The Morgan fingerprint density at radius 3 is 2.79 bits per heavy atom. The minimum Gasteiger partial charge on any atom is -0.496 e. The first-order valence-corrected chi connectivity index (χ1v) is 10.3. The van der Waals surface area contributed by atoms with Crippen LogP contribution in [0.15, 0.2) is 60.2 Å². The standard InChI is InChI=1S/C23H21N3OS/c1-26-13-19(15-4-7-21-16(12-15)8-11-28-21)17-5-6-18(22(27-2)20(17)14-26)23-24-9-3-10-25-23/h3-12,19H,13-14H2,1-2H3. The highest BCUT2D eigenvalue weighted by atomic mass is 32.1. The maximum absolute atomic E-state index is 5.88. The Bertz CT molecular complexity index is 1140. The quantitative estimate of drug-likeness (QED) is 0.499. The number of aromatic nitrogens is 2. The zero-order chi connectivity index (χ0) is 19.1. The first-order chi connectivity index (χ1) is 13.7. The lowest BCUT2D eigenvalue weighted by Gasteiger charge is -2.34. The van der Waals surface area contributed by atoms with Crippen LogP contribution in [-0.4, -0.2) is 35.6 Å². The van der Waals surface area contributed by atoms with Crippen molar-refractivity contribution < 1.29 is 4.74 Å². The first kappa shape index (κ1) is 17.3. The largest absolute Gasteiger partial charge is 0.496 e. The second-order valence-electron chi connectivity index (χ2n) is 7.25. The Morgan fingerprint density at radius 2 is 1.96 bits per heavy atom. The van der Waals surface area contributed by atoms with Gasteiger partial charge in [-0.15, -0.1) is 11.3 Å². The normalized spacial score (nSPS) is 16.9. The lowest BCUT2D eigenvalue weighted by molar-refractivity contribution is 0.286. The van der Waals surface area contributed by atoms with Crippen molar-refractivity contribution in [3.63, 3.8) is 0 Å². The summed E-state index contributed by atoms with van der Waals surface area (Å²) < 4.78 is 7.22. The van der Waals surface area contributed by atoms with Gasteiger partial charge in [-0.1, -0.05) is 12.1 Å². The van der Waals surface area contributed by atoms with Crippen LogP contribution in [0.1, 0.15) is 22.6 Å². The molecule has 28 heavy (non-hydrogen) atoms. The van der Waals surface area contributed by atoms with Gasteiger partial charge in [0.25, 0.3) is 0 Å². The number of hydrogen-bond donors (Lipinski definition) is 0. The number of fused-ring (bicyclic) bond motifs is 2. The zero-order valence-electron chi connectivity index (χ0n) is 15.9. The van der Waals surface area contributed by atoms with Crippen molar-refractivity contribution in [2.45, 2.75) is 12.5 Å². The predicted molar refractivity (Wildman–Crippen MR) is 114 cm³/mol. The van der Waals surface area contributed by atoms with Crippen molar-refractivity contribution in [3.8, 4) is 17.1 Å². The van der Waals surface area contributed by atoms with E-state index in [9.17, 15) is 0 Å². The van der Waals surface area contributed by atoms with Gasteiger partial charge in [0, 0.05) is 41.7 Å². The van der Waals surface area contributed by atoms with Gasteiger partial charge in [-0.2, -0.15) is 0 Å². The van der Waals surface area contributed by atoms with Crippen molar-refractivity contribution >= 4 is 21.4 Å². The molecule has 2 aromatic carbocycles. The topological polar surface area (TPSA) is 38.3 Å². The van der Waals surface area contributed by atoms with Gasteiger partial charge >= 0.3 is 0 Å². The SMILES string of the molecule is COc1c(-c2ncccn2)ccc2c1CN(C)CC2c1ccc2sccc2c1. The van der Waals surface area contributed by atoms with E-state index in [0.717, 1.165) is 24.4 Å². The molecule has 5 heteroatoms. The molecule has 4 nitrogen and oxygen atoms in total. The average molecular weight is 388 g/mol. The van der Waals surface area contributed by atoms with Crippen molar-refractivity contribution in [2.75, 3.05) is 20.7 Å². The average Bonchev–Trinajstić information content (AvgIpc) is 3.20. The summed E-state index contributed by atoms with van der Waals surface area (Å²) in [6.45, 7) is 1.85. The molecule has 2 aromatic heterocycles. The van der Waals surface area contributed by atoms with E-state index in [-0.39, 0.29) is 0 Å². The number of benzene rings is 2. The molecular formula is C23H21N3OS. The van der Waals surface area contributed by atoms with Gasteiger partial charge in [0.1, 0.15) is 5.75 Å². The number of nitrogens with zero attached hydrogens (tertiary/aromatic N) is 3. The van der Waals surface area contributed by atoms with Gasteiger partial charge in [0.2, 0.25) is 0 Å². The maximum atomic E-state index is 5.88. The molecule has 140 valence electrons. The summed E-state index contributed by atoms with van der Waals surface area (Å²) >= 11 is 1.79. The number of rotatable bonds is 3. The minimum absolute atomic E-state index is 0.317. The molecule has 0 radical (unpaired) electrons. The van der Waals surface area contributed by atoms with E-state index in [1.807, 2.05) is 6.07 Å². The molecule has 1 aliphatic heterocycles. The number of methoxy groups -OCH3 is 1. The van der Waals surface area contributed by atoms with Crippen LogP contribution in [0.5, 0.6) is 5.75 Å². The van der Waals surface area contributed by atoms with Gasteiger partial charge in [-0.05, 0) is 59.3 Å². The monoisotopic (exact) mass is 387 g/mol. The zero-order valence-corrected chi connectivity index (χ0v) is 16.7. The van der Waals surface area contributed by atoms with Crippen LogP contribution in [0, 0.1) is 0 Å². The lowest BCUT2D eigenvalue weighted by Crippen LogP contribution is -2.31. The van der Waals surface area contributed by atoms with Gasteiger partial charge in [-0.3, -0.25) is 0 Å². The smallest absolute Gasteiger partial charge is 0.162 e. The van der Waals surface area contributed by atoms with Gasteiger partial charge in [-0.25, -0.2) is 9.97 Å². The lowest BCUT2D eigenvalue weighted by atomic mass is 9.83. The van der Waals surface area contributed by atoms with E-state index >= 15 is 0 Å². The van der Waals surface area contributed by atoms with Crippen LogP contribution >= 0.6 is 11.3 Å². The van der Waals surface area contributed by atoms with Crippen LogP contribution in [-0.2, 0) is 6.54 Å². The molecule has 0 N–H and O–H groups in total. The second kappa shape index (κ2) is 7.00. The summed E-state index contributed by atoms with van der Waals surface area (Å²) in [5.74, 6) is 1.90. The molecule has 0 bridgehead atoms. The highest BCUT2D eigenvalue weighted by Gasteiger charge is 2.29. The van der Waals surface area contributed by atoms with Gasteiger partial charge in [0.15, 0.2) is 5.82 Å². The summed E-state index contributed by atoms with van der Waals surface area (Å²) in [5, 5.41) is 3.48. The third kappa shape index (κ3) is 2.87. The minimum atomic E-state index is 0.317. The summed E-state index contributed by atoms with van der Waals surface area (Å²) in [7, 11) is 3.91. The Balaban J connectivity index is 1.66. The molecule has 0 saturated heterocycles. The summed E-state index contributed by atoms with van der Waals surface area (Å²) in [4.78, 5) is 11.2. The molecular weight excluding hydrogens is 366 g/mol. The highest BCUT2D eigenvalue weighted by molar-refractivity contribution is 7.17. The summed E-state index contributed by atoms with van der Waals surface area (Å²) in [5.41, 5.74) is 4.87. The van der Waals surface area contributed by atoms with Gasteiger partial charge in [0.05, 0.1) is 12.7 Å². The number of hydrogen-bond acceptors (Lipinski definition) is 5. The third-order valence-corrected chi connectivity index (χ3v) is 6.38. The third-order valence-electron chi connectivity index (χ3n) is 5.48. The Hall–Kier alpha value is -2.76. The fraction of sp³-hybridized carbons (Fsp3) is 0.217. The van der Waals surface area contributed by atoms with E-state index in [2.05, 4.69) is 63.7 Å². The van der Waals surface area contributed by atoms with E-state index in [1.165, 1.54) is 26.8 Å². The van der Waals surface area contributed by atoms with Crippen molar-refractivity contribution in [1.29, 1.82) is 0 Å². The van der Waals surface area contributed by atoms with Crippen LogP contribution in [0.3, 0.4) is 0 Å². The van der Waals surface area contributed by atoms with Crippen molar-refractivity contribution in [1.82, 2.24) is 14.9 Å². The second-order valence-corrected chi connectivity index (χ2v) is 8.20. The van der Waals surface area contributed by atoms with Crippen LogP contribution in [0.25, 0.3) is 21.5 Å². The van der Waals surface area contributed by atoms with E-state index in [4.69, 9.17) is 4.74 Å². The fourth-order valence-electron chi connectivity index (χ4n) is 4.21. The van der Waals surface area contributed by atoms with Gasteiger partial charge < -0.3 is 9.64 Å². The molecule has 0 amide bonds. The summed E-state index contributed by atoms with van der Waals surface area (Å²) in [6.07, 6.45) is 3.54. The van der Waals surface area contributed by atoms with Crippen LogP contribution in [0.4, 0.5) is 0 Å². The predicted octanol–water partition coefficient (Wildman–Crippen LogP) is 4.94. The van der Waals surface area contributed by atoms with E-state index in [0.29, 0.717) is 11.7 Å². The van der Waals surface area contributed by atoms with E-state index < -0.39 is 0 Å². The number of likely N-dealkylation sites (N-methyl/N-ethyl adjacent to an activating group) is 1. The highest BCUT2D eigenvalue weighted by Crippen LogP contribution is 2.42. The molecule has 1 unspecified atom stereocenters. The van der Waals surface area contributed by atoms with E-state index in [1.54, 1.807) is 30.8 Å². The van der Waals surface area contributed by atoms with Crippen molar-refractivity contribution in [3.05, 3.63) is 76.9 Å². The molecule has 0 saturated carbocycles. The maximum Gasteiger partial charge on any atom is 0.162 e. The molecule has 5 rings (SSSR count). The summed E-state index contributed by atoms with van der Waals surface area (Å²) in [6, 6.07) is 15.2. The number of ether oxygens (including phenoxy) is 1. The first-order valence-electron chi connectivity index (χ1n) is 9.37. The molecule has 1 atom stereocenters. The molecule has 4 aromatic rings. The fourth-order valence-corrected chi connectivity index (χ4v) is 4.98. The van der Waals surface area contributed by atoms with Crippen LogP contribution in [0.2, 0.25) is 0 Å². The molecule has 0 fully saturated rings. The van der Waals surface area contributed by atoms with Crippen LogP contribution < -0.4 is 4.74 Å². The molecule has 0 aliphatic carbocycles. The molecule has 0 spiro atoms. The Morgan fingerprint density at radius 1 is 1.11 bits per heavy atom. The Kier molecular flexibility index (Phi) is 4.34. The number of thiophene rings is 1. The Labute approximate surface area is 168 Å². The molecule has 3 heterocycles. The molecule has 1 aliphatic rings. The van der Waals surface area contributed by atoms with Crippen molar-refractivity contribution in [2.24, 2.45) is 0 Å².